The first-order valence-corrected chi connectivity index (χ1v) is 4.87. The normalized spacial score (nSPS) is 9.88. The molecule has 1 aromatic rings. The van der Waals surface area contributed by atoms with Crippen molar-refractivity contribution in [1.82, 2.24) is 0 Å². The second-order valence-electron chi connectivity index (χ2n) is 1.17. The average molecular weight is 323 g/mol. The van der Waals surface area contributed by atoms with Crippen LogP contribution < -0.4 is 0 Å². The first-order valence-electron chi connectivity index (χ1n) is 1.80. The number of rotatable bonds is 0. The highest BCUT2D eigenvalue weighted by Crippen LogP contribution is 2.31. The molecule has 1 rings (SSSR count). The van der Waals surface area contributed by atoms with Gasteiger partial charge in [-0.3, -0.25) is 0 Å². The Morgan fingerprint density at radius 1 is 1.75 bits per heavy atom. The van der Waals surface area contributed by atoms with Crippen LogP contribution >= 0.6 is 61.5 Å². The third kappa shape index (κ3) is 1.59. The standard InChI is InChI=1S/C4HBrClIS/c5-2-1-3(6)8-4(2)7/h1H. The molecule has 0 fully saturated rings. The minimum absolute atomic E-state index is 0.835. The van der Waals surface area contributed by atoms with E-state index in [2.05, 4.69) is 38.5 Å². The predicted octanol–water partition coefficient (Wildman–Crippen LogP) is 3.77. The highest BCUT2D eigenvalue weighted by molar-refractivity contribution is 14.1. The van der Waals surface area contributed by atoms with Gasteiger partial charge in [0.2, 0.25) is 0 Å². The Morgan fingerprint density at radius 2 is 2.38 bits per heavy atom. The van der Waals surface area contributed by atoms with E-state index in [1.165, 1.54) is 2.88 Å². The molecule has 0 nitrogen and oxygen atoms in total. The summed E-state index contributed by atoms with van der Waals surface area (Å²) >= 11 is 12.8. The minimum atomic E-state index is 0.835. The van der Waals surface area contributed by atoms with Crippen LogP contribution in [0.5, 0.6) is 0 Å². The predicted molar refractivity (Wildman–Crippen MR) is 49.7 cm³/mol. The van der Waals surface area contributed by atoms with E-state index in [4.69, 9.17) is 11.6 Å². The summed E-state index contributed by atoms with van der Waals surface area (Å²) < 4.78 is 3.13. The van der Waals surface area contributed by atoms with Gasteiger partial charge in [0.25, 0.3) is 0 Å². The Balaban J connectivity index is 3.14. The van der Waals surface area contributed by atoms with Gasteiger partial charge >= 0.3 is 0 Å². The lowest BCUT2D eigenvalue weighted by atomic mass is 10.7. The van der Waals surface area contributed by atoms with Crippen LogP contribution in [0.15, 0.2) is 10.5 Å². The molecule has 0 saturated carbocycles. The molecule has 0 aliphatic rings. The van der Waals surface area contributed by atoms with E-state index >= 15 is 0 Å². The van der Waals surface area contributed by atoms with E-state index in [0.29, 0.717) is 0 Å². The highest BCUT2D eigenvalue weighted by Gasteiger charge is 1.99. The second kappa shape index (κ2) is 2.86. The van der Waals surface area contributed by atoms with Crippen molar-refractivity contribution in [3.8, 4) is 0 Å². The van der Waals surface area contributed by atoms with Gasteiger partial charge in [-0.1, -0.05) is 11.6 Å². The molecule has 0 amide bonds. The van der Waals surface area contributed by atoms with Crippen LogP contribution in [0.2, 0.25) is 4.34 Å². The molecule has 8 heavy (non-hydrogen) atoms. The Morgan fingerprint density at radius 3 is 2.50 bits per heavy atom. The smallest absolute Gasteiger partial charge is 0.0951 e. The van der Waals surface area contributed by atoms with Gasteiger partial charge in [0.15, 0.2) is 0 Å². The Kier molecular flexibility index (Phi) is 2.61. The van der Waals surface area contributed by atoms with Crippen molar-refractivity contribution in [1.29, 1.82) is 0 Å². The van der Waals surface area contributed by atoms with Crippen LogP contribution in [-0.2, 0) is 0 Å². The van der Waals surface area contributed by atoms with Crippen LogP contribution in [0.3, 0.4) is 0 Å². The van der Waals surface area contributed by atoms with Crippen molar-refractivity contribution in [3.05, 3.63) is 17.8 Å². The lowest BCUT2D eigenvalue weighted by molar-refractivity contribution is 1.84. The van der Waals surface area contributed by atoms with Crippen LogP contribution in [0.25, 0.3) is 0 Å². The molecule has 0 N–H and O–H groups in total. The zero-order valence-electron chi connectivity index (χ0n) is 3.62. The molecular formula is C4HBrClIS. The Bertz CT molecular complexity index is 178. The van der Waals surface area contributed by atoms with E-state index < -0.39 is 0 Å². The Hall–Kier alpha value is 1.20. The molecule has 0 aliphatic heterocycles. The Labute approximate surface area is 78.5 Å². The molecule has 4 heteroatoms. The summed E-state index contributed by atoms with van der Waals surface area (Å²) in [6.45, 7) is 0. The monoisotopic (exact) mass is 322 g/mol. The van der Waals surface area contributed by atoms with Gasteiger partial charge in [0.1, 0.15) is 0 Å². The highest BCUT2D eigenvalue weighted by atomic mass is 127. The van der Waals surface area contributed by atoms with Gasteiger partial charge in [-0.05, 0) is 44.6 Å². The molecule has 1 heterocycles. The molecule has 0 spiro atoms. The summed E-state index contributed by atoms with van der Waals surface area (Å²) in [6.07, 6.45) is 0. The lowest BCUT2D eigenvalue weighted by Gasteiger charge is -1.74. The van der Waals surface area contributed by atoms with Crippen molar-refractivity contribution in [2.45, 2.75) is 0 Å². The van der Waals surface area contributed by atoms with E-state index in [0.717, 1.165) is 8.81 Å². The third-order valence-electron chi connectivity index (χ3n) is 0.615. The van der Waals surface area contributed by atoms with Gasteiger partial charge in [0.05, 0.1) is 7.22 Å². The van der Waals surface area contributed by atoms with Gasteiger partial charge in [-0.2, -0.15) is 0 Å². The summed E-state index contributed by atoms with van der Waals surface area (Å²) in [4.78, 5) is 0. The maximum atomic E-state index is 5.65. The van der Waals surface area contributed by atoms with Crippen molar-refractivity contribution >= 4 is 61.5 Å². The van der Waals surface area contributed by atoms with E-state index in [-0.39, 0.29) is 0 Å². The summed E-state index contributed by atoms with van der Waals surface area (Å²) in [5.41, 5.74) is 0. The van der Waals surface area contributed by atoms with Crippen LogP contribution in [0.1, 0.15) is 0 Å². The third-order valence-corrected chi connectivity index (χ3v) is 4.54. The molecule has 0 bridgehead atoms. The molecule has 1 aromatic heterocycles. The zero-order valence-corrected chi connectivity index (χ0v) is 8.94. The lowest BCUT2D eigenvalue weighted by Crippen LogP contribution is -1.50. The number of hydrogen-bond donors (Lipinski definition) is 0. The molecule has 0 atom stereocenters. The van der Waals surface area contributed by atoms with E-state index in [9.17, 15) is 0 Å². The van der Waals surface area contributed by atoms with E-state index in [1.54, 1.807) is 11.3 Å². The van der Waals surface area contributed by atoms with Gasteiger partial charge in [-0.15, -0.1) is 11.3 Å². The number of hydrogen-bond acceptors (Lipinski definition) is 1. The summed E-state index contributed by atoms with van der Waals surface area (Å²) in [5, 5.41) is 0. The fourth-order valence-corrected chi connectivity index (χ4v) is 3.18. The fourth-order valence-electron chi connectivity index (χ4n) is 0.320. The van der Waals surface area contributed by atoms with Crippen LogP contribution in [0, 0.1) is 2.88 Å². The van der Waals surface area contributed by atoms with Crippen LogP contribution in [-0.4, -0.2) is 0 Å². The van der Waals surface area contributed by atoms with Crippen LogP contribution in [0.4, 0.5) is 0 Å². The maximum absolute atomic E-state index is 5.65. The fraction of sp³-hybridized carbons (Fsp3) is 0. The van der Waals surface area contributed by atoms with Gasteiger partial charge in [-0.25, -0.2) is 0 Å². The topological polar surface area (TPSA) is 0 Å². The molecule has 44 valence electrons. The summed E-state index contributed by atoms with van der Waals surface area (Å²) in [7, 11) is 0. The molecule has 0 saturated heterocycles. The first kappa shape index (κ1) is 7.31. The van der Waals surface area contributed by atoms with Crippen molar-refractivity contribution in [2.24, 2.45) is 0 Å². The summed E-state index contributed by atoms with van der Waals surface area (Å²) in [5.74, 6) is 0. The van der Waals surface area contributed by atoms with E-state index in [1.807, 2.05) is 6.07 Å². The molecule has 0 aliphatic carbocycles. The first-order chi connectivity index (χ1) is 3.70. The number of halogens is 3. The van der Waals surface area contributed by atoms with Gasteiger partial charge < -0.3 is 0 Å². The van der Waals surface area contributed by atoms with Crippen molar-refractivity contribution < 1.29 is 0 Å². The molecular weight excluding hydrogens is 322 g/mol. The second-order valence-corrected chi connectivity index (χ2v) is 5.52. The largest absolute Gasteiger partial charge is 0.116 e. The van der Waals surface area contributed by atoms with Gasteiger partial charge in [0, 0.05) is 4.47 Å². The number of thiophene rings is 1. The maximum Gasteiger partial charge on any atom is 0.0951 e. The van der Waals surface area contributed by atoms with Crippen molar-refractivity contribution in [3.63, 3.8) is 0 Å². The average Bonchev–Trinajstić information content (AvgIpc) is 1.85. The minimum Gasteiger partial charge on any atom is -0.116 e. The quantitative estimate of drug-likeness (QED) is 0.638. The molecule has 0 aromatic carbocycles. The summed E-state index contributed by atoms with van der Waals surface area (Å²) in [6, 6.07) is 1.90. The zero-order chi connectivity index (χ0) is 6.15. The molecule has 0 unspecified atom stereocenters. The molecule has 0 radical (unpaired) electrons. The van der Waals surface area contributed by atoms with Crippen molar-refractivity contribution in [2.75, 3.05) is 0 Å². The SMILES string of the molecule is Clc1cc(Br)c(I)s1.